The zero-order valence-corrected chi connectivity index (χ0v) is 18.1. The molecule has 0 aliphatic rings. The van der Waals surface area contributed by atoms with E-state index >= 15 is 0 Å². The zero-order valence-electron chi connectivity index (χ0n) is 16.5. The number of benzene rings is 2. The predicted octanol–water partition coefficient (Wildman–Crippen LogP) is 1.54. The van der Waals surface area contributed by atoms with Gasteiger partial charge in [-0.05, 0) is 37.6 Å². The molecule has 1 amide bonds. The highest BCUT2D eigenvalue weighted by atomic mass is 32.2. The van der Waals surface area contributed by atoms with Crippen LogP contribution >= 0.6 is 0 Å². The van der Waals surface area contributed by atoms with Crippen LogP contribution in [0.4, 0.5) is 0 Å². The van der Waals surface area contributed by atoms with Crippen LogP contribution in [0.2, 0.25) is 0 Å². The summed E-state index contributed by atoms with van der Waals surface area (Å²) in [6.45, 7) is 1.45. The van der Waals surface area contributed by atoms with Crippen LogP contribution in [0.3, 0.4) is 0 Å². The molecule has 0 spiro atoms. The van der Waals surface area contributed by atoms with E-state index in [0.717, 1.165) is 0 Å². The van der Waals surface area contributed by atoms with Crippen molar-refractivity contribution in [1.29, 1.82) is 0 Å². The van der Waals surface area contributed by atoms with Crippen LogP contribution in [0, 0.1) is 0 Å². The number of ketones is 1. The third-order valence-corrected chi connectivity index (χ3v) is 7.52. The second-order valence-corrected chi connectivity index (χ2v) is 10.4. The van der Waals surface area contributed by atoms with E-state index in [9.17, 15) is 26.4 Å². The van der Waals surface area contributed by atoms with Gasteiger partial charge < -0.3 is 5.32 Å². The van der Waals surface area contributed by atoms with Crippen LogP contribution in [0.1, 0.15) is 30.1 Å². The molecule has 0 bridgehead atoms. The van der Waals surface area contributed by atoms with Crippen molar-refractivity contribution >= 4 is 31.6 Å². The molecule has 162 valence electrons. The normalized spacial score (nSPS) is 11.8. The third-order valence-electron chi connectivity index (χ3n) is 4.23. The molecule has 2 aromatic rings. The smallest absolute Gasteiger partial charge is 0.240 e. The number of sulfonamides is 1. The molecule has 0 heterocycles. The maximum atomic E-state index is 12.2. The largest absolute Gasteiger partial charge is 0.356 e. The van der Waals surface area contributed by atoms with Gasteiger partial charge in [-0.15, -0.1) is 0 Å². The van der Waals surface area contributed by atoms with Crippen molar-refractivity contribution in [3.8, 4) is 0 Å². The van der Waals surface area contributed by atoms with E-state index in [4.69, 9.17) is 0 Å². The number of hydrogen-bond donors (Lipinski definition) is 2. The number of rotatable bonds is 11. The van der Waals surface area contributed by atoms with Gasteiger partial charge in [0.25, 0.3) is 0 Å². The van der Waals surface area contributed by atoms with Crippen LogP contribution in [-0.4, -0.2) is 47.4 Å². The zero-order chi connectivity index (χ0) is 22.2. The van der Waals surface area contributed by atoms with Gasteiger partial charge in [-0.3, -0.25) is 9.59 Å². The summed E-state index contributed by atoms with van der Waals surface area (Å²) < 4.78 is 51.0. The summed E-state index contributed by atoms with van der Waals surface area (Å²) in [6, 6.07) is 13.6. The average molecular weight is 453 g/mol. The molecule has 0 aliphatic heterocycles. The number of hydrogen-bond acceptors (Lipinski definition) is 6. The van der Waals surface area contributed by atoms with Crippen LogP contribution in [-0.2, 0) is 24.7 Å². The van der Waals surface area contributed by atoms with Gasteiger partial charge in [0.2, 0.25) is 15.9 Å². The van der Waals surface area contributed by atoms with Gasteiger partial charge in [0, 0.05) is 25.1 Å². The van der Waals surface area contributed by atoms with Crippen molar-refractivity contribution in [2.75, 3.05) is 18.8 Å². The van der Waals surface area contributed by atoms with Crippen molar-refractivity contribution < 1.29 is 26.4 Å². The monoisotopic (exact) mass is 452 g/mol. The Labute approximate surface area is 176 Å². The van der Waals surface area contributed by atoms with Gasteiger partial charge in [-0.2, -0.15) is 0 Å². The topological polar surface area (TPSA) is 126 Å². The maximum Gasteiger partial charge on any atom is 0.240 e. The Bertz CT molecular complexity index is 1080. The minimum absolute atomic E-state index is 0.000901. The Kier molecular flexibility index (Phi) is 8.27. The highest BCUT2D eigenvalue weighted by molar-refractivity contribution is 7.91. The van der Waals surface area contributed by atoms with Crippen LogP contribution in [0.25, 0.3) is 0 Å². The Morgan fingerprint density at radius 2 is 1.47 bits per heavy atom. The number of sulfone groups is 1. The molecule has 0 aromatic heterocycles. The number of nitrogens with one attached hydrogen (secondary N) is 2. The molecule has 2 aromatic carbocycles. The Morgan fingerprint density at radius 3 is 2.07 bits per heavy atom. The minimum Gasteiger partial charge on any atom is -0.356 e. The molecular formula is C20H24N2O6S2. The van der Waals surface area contributed by atoms with Gasteiger partial charge in [-0.1, -0.05) is 30.3 Å². The molecule has 0 saturated carbocycles. The Morgan fingerprint density at radius 1 is 0.833 bits per heavy atom. The molecule has 0 fully saturated rings. The van der Waals surface area contributed by atoms with E-state index in [1.54, 1.807) is 18.2 Å². The second-order valence-electron chi connectivity index (χ2n) is 6.56. The first-order chi connectivity index (χ1) is 14.1. The van der Waals surface area contributed by atoms with Gasteiger partial charge >= 0.3 is 0 Å². The van der Waals surface area contributed by atoms with E-state index in [1.165, 1.54) is 43.3 Å². The lowest BCUT2D eigenvalue weighted by Gasteiger charge is -2.08. The standard InChI is InChI=1S/C20H24N2O6S2/c1-16(23)17-8-10-19(11-9-17)30(27,28)22-14-12-20(24)21-13-5-15-29(25,26)18-6-3-2-4-7-18/h2-4,6-11,22H,5,12-15H2,1H3,(H,21,24). The van der Waals surface area contributed by atoms with Crippen molar-refractivity contribution in [3.05, 3.63) is 60.2 Å². The highest BCUT2D eigenvalue weighted by Crippen LogP contribution is 2.12. The van der Waals surface area contributed by atoms with Gasteiger partial charge in [0.05, 0.1) is 15.5 Å². The van der Waals surface area contributed by atoms with E-state index in [2.05, 4.69) is 10.0 Å². The molecule has 0 aliphatic carbocycles. The number of amides is 1. The molecule has 2 rings (SSSR count). The first-order valence-corrected chi connectivity index (χ1v) is 12.4. The van der Waals surface area contributed by atoms with Crippen molar-refractivity contribution in [3.63, 3.8) is 0 Å². The maximum absolute atomic E-state index is 12.2. The number of carbonyl (C=O) groups is 2. The average Bonchev–Trinajstić information content (AvgIpc) is 2.72. The molecule has 0 unspecified atom stereocenters. The first kappa shape index (κ1) is 23.7. The summed E-state index contributed by atoms with van der Waals surface area (Å²) >= 11 is 0. The molecule has 2 N–H and O–H groups in total. The lowest BCUT2D eigenvalue weighted by Crippen LogP contribution is -2.31. The van der Waals surface area contributed by atoms with E-state index in [0.29, 0.717) is 5.56 Å². The summed E-state index contributed by atoms with van der Waals surface area (Å²) in [6.07, 6.45) is 0.160. The van der Waals surface area contributed by atoms with E-state index in [1.807, 2.05) is 0 Å². The fraction of sp³-hybridized carbons (Fsp3) is 0.300. The highest BCUT2D eigenvalue weighted by Gasteiger charge is 2.15. The molecule has 0 saturated heterocycles. The van der Waals surface area contributed by atoms with Crippen molar-refractivity contribution in [1.82, 2.24) is 10.0 Å². The molecule has 10 heteroatoms. The SMILES string of the molecule is CC(=O)c1ccc(S(=O)(=O)NCCC(=O)NCCCS(=O)(=O)c2ccccc2)cc1. The lowest BCUT2D eigenvalue weighted by atomic mass is 10.2. The summed E-state index contributed by atoms with van der Waals surface area (Å²) in [5, 5.41) is 2.58. The van der Waals surface area contributed by atoms with Crippen LogP contribution in [0.15, 0.2) is 64.4 Å². The first-order valence-electron chi connectivity index (χ1n) is 9.27. The van der Waals surface area contributed by atoms with Crippen LogP contribution < -0.4 is 10.0 Å². The Balaban J connectivity index is 1.72. The second kappa shape index (κ2) is 10.5. The molecule has 30 heavy (non-hydrogen) atoms. The van der Waals surface area contributed by atoms with Gasteiger partial charge in [0.15, 0.2) is 15.6 Å². The predicted molar refractivity (Wildman–Crippen MR) is 112 cm³/mol. The van der Waals surface area contributed by atoms with Gasteiger partial charge in [-0.25, -0.2) is 21.6 Å². The fourth-order valence-electron chi connectivity index (χ4n) is 2.58. The van der Waals surface area contributed by atoms with Gasteiger partial charge in [0.1, 0.15) is 0 Å². The fourth-order valence-corrected chi connectivity index (χ4v) is 4.94. The quantitative estimate of drug-likeness (QED) is 0.393. The van der Waals surface area contributed by atoms with Crippen molar-refractivity contribution in [2.45, 2.75) is 29.6 Å². The number of carbonyl (C=O) groups excluding carboxylic acids is 2. The van der Waals surface area contributed by atoms with E-state index < -0.39 is 19.9 Å². The summed E-state index contributed by atoms with van der Waals surface area (Å²) in [7, 11) is -7.19. The summed E-state index contributed by atoms with van der Waals surface area (Å²) in [5.74, 6) is -0.651. The molecule has 8 nitrogen and oxygen atoms in total. The van der Waals surface area contributed by atoms with E-state index in [-0.39, 0.29) is 53.2 Å². The summed E-state index contributed by atoms with van der Waals surface area (Å²) in [4.78, 5) is 23.3. The minimum atomic E-state index is -3.79. The molecular weight excluding hydrogens is 428 g/mol. The third kappa shape index (κ3) is 7.05. The molecule has 0 atom stereocenters. The summed E-state index contributed by atoms with van der Waals surface area (Å²) in [5.41, 5.74) is 0.405. The van der Waals surface area contributed by atoms with Crippen molar-refractivity contribution in [2.24, 2.45) is 0 Å². The van der Waals surface area contributed by atoms with Crippen LogP contribution in [0.5, 0.6) is 0 Å². The number of Topliss-reactive ketones (excluding diaryl/α,β-unsaturated/α-hetero) is 1. The lowest BCUT2D eigenvalue weighted by molar-refractivity contribution is -0.120. The molecule has 0 radical (unpaired) electrons. The Hall–Kier alpha value is -2.56.